The van der Waals surface area contributed by atoms with Crippen molar-refractivity contribution in [2.45, 2.75) is 76.7 Å². The molecule has 6 rings (SSSR count). The Labute approximate surface area is 195 Å². The zero-order chi connectivity index (χ0) is 22.4. The predicted molar refractivity (Wildman–Crippen MR) is 126 cm³/mol. The van der Waals surface area contributed by atoms with Crippen molar-refractivity contribution < 1.29 is 13.6 Å². The van der Waals surface area contributed by atoms with Gasteiger partial charge in [-0.2, -0.15) is 4.98 Å². The summed E-state index contributed by atoms with van der Waals surface area (Å²) in [5, 5.41) is 3.44. The van der Waals surface area contributed by atoms with E-state index in [1.54, 1.807) is 6.07 Å². The number of aromatic nitrogens is 1. The van der Waals surface area contributed by atoms with Gasteiger partial charge in [0.15, 0.2) is 5.58 Å². The molecule has 5 nitrogen and oxygen atoms in total. The van der Waals surface area contributed by atoms with E-state index in [2.05, 4.69) is 15.2 Å². The van der Waals surface area contributed by atoms with Crippen LogP contribution in [0.4, 0.5) is 10.4 Å². The Morgan fingerprint density at radius 3 is 2.61 bits per heavy atom. The Hall–Kier alpha value is -2.11. The number of nitrogens with one attached hydrogen (secondary N) is 1. The summed E-state index contributed by atoms with van der Waals surface area (Å²) in [6.07, 6.45) is 13.2. The Bertz CT molecular complexity index is 984. The van der Waals surface area contributed by atoms with Crippen LogP contribution in [0.25, 0.3) is 11.1 Å². The molecule has 1 saturated heterocycles. The van der Waals surface area contributed by atoms with Crippen molar-refractivity contribution in [2.75, 3.05) is 18.0 Å². The van der Waals surface area contributed by atoms with Gasteiger partial charge < -0.3 is 14.6 Å². The monoisotopic (exact) mass is 453 g/mol. The summed E-state index contributed by atoms with van der Waals surface area (Å²) < 4.78 is 19.4. The molecule has 178 valence electrons. The molecule has 1 aromatic carbocycles. The van der Waals surface area contributed by atoms with Crippen molar-refractivity contribution in [3.63, 3.8) is 0 Å². The standard InChI is InChI=1S/C27H36FN3O2/c28-21-8-10-25-24(14-21)30-27(33-25)31-12-11-19-13-22(9-7-20(19)16-31)29-26(32)15-23(17-3-1-4-17)18-5-2-6-18/h8,10,14,17-20,22-23H,1-7,9,11-13,15-16H2,(H,29,32). The number of nitrogens with zero attached hydrogens (tertiary/aromatic N) is 2. The van der Waals surface area contributed by atoms with Crippen molar-refractivity contribution in [2.24, 2.45) is 29.6 Å². The number of rotatable bonds is 6. The molecule has 33 heavy (non-hydrogen) atoms. The third-order valence-corrected chi connectivity index (χ3v) is 9.27. The highest BCUT2D eigenvalue weighted by molar-refractivity contribution is 5.76. The van der Waals surface area contributed by atoms with Gasteiger partial charge in [-0.15, -0.1) is 0 Å². The first-order valence-corrected chi connectivity index (χ1v) is 13.2. The topological polar surface area (TPSA) is 58.4 Å². The molecule has 6 heteroatoms. The predicted octanol–water partition coefficient (Wildman–Crippen LogP) is 5.68. The van der Waals surface area contributed by atoms with Crippen LogP contribution < -0.4 is 10.2 Å². The lowest BCUT2D eigenvalue weighted by molar-refractivity contribution is -0.125. The van der Waals surface area contributed by atoms with Crippen molar-refractivity contribution in [1.29, 1.82) is 0 Å². The van der Waals surface area contributed by atoms with Gasteiger partial charge in [0.1, 0.15) is 11.3 Å². The maximum absolute atomic E-state index is 13.5. The molecule has 1 amide bonds. The molecule has 0 spiro atoms. The fourth-order valence-corrected chi connectivity index (χ4v) is 6.90. The summed E-state index contributed by atoms with van der Waals surface area (Å²) in [5.74, 6) is 3.53. The quantitative estimate of drug-likeness (QED) is 0.611. The van der Waals surface area contributed by atoms with E-state index in [1.807, 2.05) is 0 Å². The van der Waals surface area contributed by atoms with Gasteiger partial charge in [0, 0.05) is 31.6 Å². The average Bonchev–Trinajstić information content (AvgIpc) is 3.14. The molecule has 3 aliphatic carbocycles. The Balaban J connectivity index is 1.02. The molecule has 4 aliphatic rings. The van der Waals surface area contributed by atoms with Crippen LogP contribution in [0.5, 0.6) is 0 Å². The van der Waals surface area contributed by atoms with Crippen LogP contribution in [0, 0.1) is 35.4 Å². The molecule has 0 radical (unpaired) electrons. The number of carbonyl (C=O) groups is 1. The molecule has 0 bridgehead atoms. The van der Waals surface area contributed by atoms with Crippen LogP contribution in [0.15, 0.2) is 22.6 Å². The van der Waals surface area contributed by atoms with E-state index >= 15 is 0 Å². The summed E-state index contributed by atoms with van der Waals surface area (Å²) in [4.78, 5) is 19.7. The van der Waals surface area contributed by atoms with Gasteiger partial charge in [0.2, 0.25) is 5.91 Å². The lowest BCUT2D eigenvalue weighted by Gasteiger charge is -2.44. The highest BCUT2D eigenvalue weighted by atomic mass is 19.1. The number of benzene rings is 1. The number of amides is 1. The van der Waals surface area contributed by atoms with Gasteiger partial charge >= 0.3 is 0 Å². The molecule has 1 aromatic heterocycles. The average molecular weight is 454 g/mol. The molecule has 1 N–H and O–H groups in total. The summed E-state index contributed by atoms with van der Waals surface area (Å²) in [6.45, 7) is 1.84. The summed E-state index contributed by atoms with van der Waals surface area (Å²) in [5.41, 5.74) is 1.22. The van der Waals surface area contributed by atoms with Crippen LogP contribution in [-0.4, -0.2) is 30.0 Å². The third kappa shape index (κ3) is 4.38. The fraction of sp³-hybridized carbons (Fsp3) is 0.704. The first-order valence-electron chi connectivity index (χ1n) is 13.2. The lowest BCUT2D eigenvalue weighted by Crippen LogP contribution is -2.48. The summed E-state index contributed by atoms with van der Waals surface area (Å²) >= 11 is 0. The lowest BCUT2D eigenvalue weighted by atomic mass is 9.63. The van der Waals surface area contributed by atoms with Crippen molar-refractivity contribution in [3.8, 4) is 0 Å². The molecule has 2 aromatic rings. The molecule has 3 saturated carbocycles. The first-order chi connectivity index (χ1) is 16.1. The van der Waals surface area contributed by atoms with Crippen LogP contribution in [0.1, 0.15) is 70.6 Å². The Kier molecular flexibility index (Phi) is 5.79. The van der Waals surface area contributed by atoms with Gasteiger partial charge in [-0.25, -0.2) is 4.39 Å². The van der Waals surface area contributed by atoms with Crippen LogP contribution >= 0.6 is 0 Å². The molecule has 3 atom stereocenters. The number of fused-ring (bicyclic) bond motifs is 2. The number of anilines is 1. The highest BCUT2D eigenvalue weighted by Gasteiger charge is 2.39. The molecule has 4 fully saturated rings. The largest absolute Gasteiger partial charge is 0.423 e. The number of hydrogen-bond donors (Lipinski definition) is 1. The number of piperidine rings is 1. The van der Waals surface area contributed by atoms with Gasteiger partial charge in [0.05, 0.1) is 0 Å². The smallest absolute Gasteiger partial charge is 0.298 e. The van der Waals surface area contributed by atoms with Gasteiger partial charge in [-0.05, 0) is 67.4 Å². The second-order valence-corrected chi connectivity index (χ2v) is 11.2. The summed E-state index contributed by atoms with van der Waals surface area (Å²) in [6, 6.07) is 5.45. The molecular weight excluding hydrogens is 417 g/mol. The fourth-order valence-electron chi connectivity index (χ4n) is 6.90. The molecule has 1 aliphatic heterocycles. The van der Waals surface area contributed by atoms with Crippen LogP contribution in [0.2, 0.25) is 0 Å². The van der Waals surface area contributed by atoms with E-state index in [0.29, 0.717) is 46.8 Å². The van der Waals surface area contributed by atoms with Crippen LogP contribution in [-0.2, 0) is 4.79 Å². The third-order valence-electron chi connectivity index (χ3n) is 9.27. The van der Waals surface area contributed by atoms with Gasteiger partial charge in [-0.1, -0.05) is 38.5 Å². The number of halogens is 1. The Morgan fingerprint density at radius 1 is 1.09 bits per heavy atom. The van der Waals surface area contributed by atoms with Crippen molar-refractivity contribution >= 4 is 23.0 Å². The SMILES string of the molecule is O=C(CC(C1CCC1)C1CCC1)NC1CCC2CN(c3nc4cc(F)ccc4o3)CCC2C1. The normalized spacial score (nSPS) is 28.4. The zero-order valence-corrected chi connectivity index (χ0v) is 19.5. The van der Waals surface area contributed by atoms with E-state index in [0.717, 1.165) is 57.0 Å². The zero-order valence-electron chi connectivity index (χ0n) is 19.5. The molecule has 2 heterocycles. The first kappa shape index (κ1) is 21.4. The number of carbonyl (C=O) groups excluding carboxylic acids is 1. The summed E-state index contributed by atoms with van der Waals surface area (Å²) in [7, 11) is 0. The minimum absolute atomic E-state index is 0.284. The molecule has 3 unspecified atom stereocenters. The van der Waals surface area contributed by atoms with E-state index < -0.39 is 0 Å². The van der Waals surface area contributed by atoms with Crippen molar-refractivity contribution in [3.05, 3.63) is 24.0 Å². The minimum atomic E-state index is -0.284. The molecular formula is C27H36FN3O2. The highest BCUT2D eigenvalue weighted by Crippen LogP contribution is 2.46. The van der Waals surface area contributed by atoms with E-state index in [4.69, 9.17) is 4.42 Å². The second kappa shape index (κ2) is 8.92. The van der Waals surface area contributed by atoms with Crippen LogP contribution in [0.3, 0.4) is 0 Å². The van der Waals surface area contributed by atoms with Gasteiger partial charge in [-0.3, -0.25) is 4.79 Å². The maximum Gasteiger partial charge on any atom is 0.298 e. The number of hydrogen-bond acceptors (Lipinski definition) is 4. The van der Waals surface area contributed by atoms with Gasteiger partial charge in [0.25, 0.3) is 6.01 Å². The van der Waals surface area contributed by atoms with Crippen molar-refractivity contribution in [1.82, 2.24) is 10.3 Å². The Morgan fingerprint density at radius 2 is 1.88 bits per heavy atom. The maximum atomic E-state index is 13.5. The van der Waals surface area contributed by atoms with E-state index in [9.17, 15) is 9.18 Å². The number of oxazole rings is 1. The minimum Gasteiger partial charge on any atom is -0.423 e. The van der Waals surface area contributed by atoms with E-state index in [1.165, 1.54) is 50.7 Å². The van der Waals surface area contributed by atoms with E-state index in [-0.39, 0.29) is 5.82 Å². The second-order valence-electron chi connectivity index (χ2n) is 11.2.